The third kappa shape index (κ3) is 8.24. The molecule has 0 radical (unpaired) electrons. The predicted molar refractivity (Wildman–Crippen MR) is 236 cm³/mol. The Bertz CT molecular complexity index is 1780. The third-order valence-corrected chi connectivity index (χ3v) is 19.6. The minimum Gasteiger partial charge on any atom is -0.396 e. The molecule has 3 heterocycles. The van der Waals surface area contributed by atoms with Gasteiger partial charge in [-0.3, -0.25) is 0 Å². The van der Waals surface area contributed by atoms with E-state index >= 15 is 0 Å². The summed E-state index contributed by atoms with van der Waals surface area (Å²) in [6.45, 7) is 16.2. The van der Waals surface area contributed by atoms with E-state index in [0.717, 1.165) is 38.5 Å². The van der Waals surface area contributed by atoms with Crippen LogP contribution in [-0.4, -0.2) is 194 Å². The first-order valence-electron chi connectivity index (χ1n) is 24.7. The quantitative estimate of drug-likeness (QED) is 0.103. The Labute approximate surface area is 394 Å². The van der Waals surface area contributed by atoms with Crippen LogP contribution < -0.4 is 0 Å². The van der Waals surface area contributed by atoms with Gasteiger partial charge in [-0.05, 0) is 97.2 Å². The highest BCUT2D eigenvalue weighted by Gasteiger charge is 2.72. The number of fused-ring (bicyclic) bond motifs is 7. The Morgan fingerprint density at radius 2 is 1.28 bits per heavy atom. The molecule has 18 nitrogen and oxygen atoms in total. The summed E-state index contributed by atoms with van der Waals surface area (Å²) >= 11 is 0. The van der Waals surface area contributed by atoms with Gasteiger partial charge < -0.3 is 89.3 Å². The second kappa shape index (κ2) is 18.5. The molecule has 0 aromatic rings. The summed E-state index contributed by atoms with van der Waals surface area (Å²) in [5.74, 6) is 0.170. The second-order valence-electron chi connectivity index (χ2n) is 24.0. The Hall–Kier alpha value is -0.980. The fraction of sp³-hybridized carbons (Fsp3) is 0.959. The van der Waals surface area contributed by atoms with Gasteiger partial charge in [0, 0.05) is 18.4 Å². The van der Waals surface area contributed by atoms with Crippen LogP contribution in [0.2, 0.25) is 0 Å². The second-order valence-corrected chi connectivity index (χ2v) is 24.0. The molecule has 0 unspecified atom stereocenters. The smallest absolute Gasteiger partial charge is 0.187 e. The molecule has 67 heavy (non-hydrogen) atoms. The van der Waals surface area contributed by atoms with Crippen molar-refractivity contribution in [2.45, 2.75) is 217 Å². The average Bonchev–Trinajstić information content (AvgIpc) is 3.27. The Kier molecular flexibility index (Phi) is 14.5. The van der Waals surface area contributed by atoms with Gasteiger partial charge in [-0.25, -0.2) is 0 Å². The molecule has 0 amide bonds. The number of hydrogen-bond donors (Lipinski definition) is 11. The van der Waals surface area contributed by atoms with Crippen LogP contribution in [0.25, 0.3) is 0 Å². The maximum Gasteiger partial charge on any atom is 0.187 e. The van der Waals surface area contributed by atoms with E-state index in [1.54, 1.807) is 7.11 Å². The summed E-state index contributed by atoms with van der Waals surface area (Å²) in [5, 5.41) is 120. The van der Waals surface area contributed by atoms with Crippen molar-refractivity contribution in [3.8, 4) is 0 Å². The molecule has 0 aromatic heterocycles. The van der Waals surface area contributed by atoms with Crippen LogP contribution in [0.4, 0.5) is 0 Å². The number of hydrogen-bond acceptors (Lipinski definition) is 18. The summed E-state index contributed by atoms with van der Waals surface area (Å²) in [4.78, 5) is 0. The first kappa shape index (κ1) is 52.3. The fourth-order valence-electron chi connectivity index (χ4n) is 15.4. The molecule has 3 saturated heterocycles. The maximum atomic E-state index is 12.2. The molecule has 18 heteroatoms. The van der Waals surface area contributed by atoms with Crippen LogP contribution in [0.5, 0.6) is 0 Å². The first-order chi connectivity index (χ1) is 31.3. The minimum absolute atomic E-state index is 0.0218. The first-order valence-corrected chi connectivity index (χ1v) is 24.7. The normalized spacial score (nSPS) is 55.0. The monoisotopic (exact) mass is 959 g/mol. The van der Waals surface area contributed by atoms with E-state index in [9.17, 15) is 56.2 Å². The van der Waals surface area contributed by atoms with Gasteiger partial charge in [-0.15, -0.1) is 0 Å². The molecule has 4 saturated carbocycles. The van der Waals surface area contributed by atoms with Crippen LogP contribution in [0.1, 0.15) is 107 Å². The Balaban J connectivity index is 1.05. The van der Waals surface area contributed by atoms with E-state index in [-0.39, 0.29) is 52.1 Å². The Morgan fingerprint density at radius 3 is 1.94 bits per heavy atom. The van der Waals surface area contributed by atoms with Gasteiger partial charge in [0.1, 0.15) is 67.1 Å². The zero-order valence-electron chi connectivity index (χ0n) is 40.8. The molecule has 386 valence electrons. The lowest BCUT2D eigenvalue weighted by atomic mass is 9.33. The number of allylic oxidation sites excluding steroid dienone is 1. The van der Waals surface area contributed by atoms with Gasteiger partial charge in [-0.1, -0.05) is 60.1 Å². The third-order valence-electron chi connectivity index (χ3n) is 19.6. The summed E-state index contributed by atoms with van der Waals surface area (Å²) in [6.07, 6.45) is -16.1. The van der Waals surface area contributed by atoms with E-state index in [4.69, 9.17) is 33.2 Å². The van der Waals surface area contributed by atoms with E-state index in [1.807, 2.05) is 0 Å². The summed E-state index contributed by atoms with van der Waals surface area (Å²) < 4.78 is 42.9. The molecule has 8 rings (SSSR count). The van der Waals surface area contributed by atoms with Gasteiger partial charge in [-0.2, -0.15) is 0 Å². The summed E-state index contributed by atoms with van der Waals surface area (Å²) in [6, 6.07) is 0. The number of aliphatic hydroxyl groups is 11. The average molecular weight is 959 g/mol. The van der Waals surface area contributed by atoms with Crippen LogP contribution >= 0.6 is 0 Å². The van der Waals surface area contributed by atoms with Crippen molar-refractivity contribution in [2.75, 3.05) is 26.9 Å². The molecule has 0 spiro atoms. The molecular formula is C49H82O18. The highest BCUT2D eigenvalue weighted by atomic mass is 16.8. The van der Waals surface area contributed by atoms with Gasteiger partial charge >= 0.3 is 0 Å². The van der Waals surface area contributed by atoms with Gasteiger partial charge in [0.25, 0.3) is 0 Å². The molecule has 8 aliphatic rings. The van der Waals surface area contributed by atoms with Gasteiger partial charge in [0.15, 0.2) is 18.9 Å². The molecule has 25 atom stereocenters. The van der Waals surface area contributed by atoms with E-state index in [1.165, 1.54) is 12.5 Å². The largest absolute Gasteiger partial charge is 0.396 e. The lowest BCUT2D eigenvalue weighted by Crippen LogP contribution is -2.70. The molecule has 7 fully saturated rings. The SMILES string of the molecule is CO[C@@H]1C=C2[C@H]3CC(C)(C)CC[C@]3(CO)[C@@H](O)C[C@@]2(C)[C@]2(C)CC[C@H]3C(C)(C)[C@@H](O[C@@H]4O[C@H](CO[C@@H]5O[C@H](CO)[C@@H](O)[C@H](O)[C@H]5O)[C@@H](O[C@@H]5O[C@H](C)[C@@H](O)[C@H](O)[C@@H]5O)[C@H](O)[C@H]4O)CC[C@]3(C)[C@@H]12. The van der Waals surface area contributed by atoms with Gasteiger partial charge in [0.05, 0.1) is 44.2 Å². The lowest BCUT2D eigenvalue weighted by molar-refractivity contribution is -0.374. The number of aliphatic hydroxyl groups excluding tert-OH is 11. The highest BCUT2D eigenvalue weighted by Crippen LogP contribution is 2.76. The molecule has 0 aromatic carbocycles. The topological polar surface area (TPSA) is 287 Å². The van der Waals surface area contributed by atoms with Crippen molar-refractivity contribution in [2.24, 2.45) is 50.2 Å². The standard InChI is InChI=1S/C49H82O18/c1-22-31(53)33(55)37(59)42(63-22)67-39-27(20-62-41-36(58)34(56)32(54)26(19-50)64-41)65-43(38(60)35(39)57)66-30-11-12-46(6)28(45(30,4)5)10-13-47(7)40(46)25(61-9)16-23-24-17-44(2,3)14-15-49(24,21-51)29(52)18-48(23,47)8/h16,22,24-43,50-60H,10-15,17-21H2,1-9H3/t22-,24-,25-,26-,27-,28+,29+,30+,31-,32-,33+,34+,35-,36-,37+,38-,39-,40-,41-,42+,43+,46+,47-,48-,49-/m1/s1. The van der Waals surface area contributed by atoms with Crippen LogP contribution in [0.15, 0.2) is 11.6 Å². The van der Waals surface area contributed by atoms with Crippen LogP contribution in [0.3, 0.4) is 0 Å². The predicted octanol–water partition coefficient (Wildman–Crippen LogP) is 0.237. The molecule has 0 bridgehead atoms. The van der Waals surface area contributed by atoms with Crippen molar-refractivity contribution in [1.82, 2.24) is 0 Å². The molecule has 11 N–H and O–H groups in total. The number of rotatable bonds is 10. The van der Waals surface area contributed by atoms with Crippen molar-refractivity contribution >= 4 is 0 Å². The maximum absolute atomic E-state index is 12.2. The number of methoxy groups -OCH3 is 1. The molecule has 3 aliphatic heterocycles. The summed E-state index contributed by atoms with van der Waals surface area (Å²) in [7, 11) is 1.79. The van der Waals surface area contributed by atoms with Gasteiger partial charge in [0.2, 0.25) is 0 Å². The highest BCUT2D eigenvalue weighted by molar-refractivity contribution is 5.37. The van der Waals surface area contributed by atoms with E-state index < -0.39 is 128 Å². The van der Waals surface area contributed by atoms with Crippen molar-refractivity contribution in [3.63, 3.8) is 0 Å². The summed E-state index contributed by atoms with van der Waals surface area (Å²) in [5.41, 5.74) is -0.631. The van der Waals surface area contributed by atoms with Crippen LogP contribution in [0, 0.1) is 50.2 Å². The molecule has 5 aliphatic carbocycles. The minimum atomic E-state index is -1.77. The number of ether oxygens (including phenoxy) is 7. The molecular weight excluding hydrogens is 877 g/mol. The fourth-order valence-corrected chi connectivity index (χ4v) is 15.4. The van der Waals surface area contributed by atoms with E-state index in [0.29, 0.717) is 12.8 Å². The lowest BCUT2D eigenvalue weighted by Gasteiger charge is -2.73. The zero-order valence-corrected chi connectivity index (χ0v) is 40.8. The van der Waals surface area contributed by atoms with E-state index in [2.05, 4.69) is 54.5 Å². The Morgan fingerprint density at radius 1 is 0.657 bits per heavy atom. The van der Waals surface area contributed by atoms with Crippen molar-refractivity contribution in [1.29, 1.82) is 0 Å². The zero-order chi connectivity index (χ0) is 49.1. The van der Waals surface area contributed by atoms with Crippen molar-refractivity contribution in [3.05, 3.63) is 11.6 Å². The van der Waals surface area contributed by atoms with Crippen LogP contribution in [-0.2, 0) is 33.2 Å². The van der Waals surface area contributed by atoms with Crippen molar-refractivity contribution < 1.29 is 89.3 Å².